The molecule has 1 unspecified atom stereocenters. The second kappa shape index (κ2) is 12.5. The SMILES string of the molecule is CCC(O)CN(CC)CC.CCOC(C)=O. The first-order valence-corrected chi connectivity index (χ1v) is 6.05. The van der Waals surface area contributed by atoms with Crippen LogP contribution in [0, 0.1) is 0 Å². The second-order valence-corrected chi connectivity index (χ2v) is 3.47. The van der Waals surface area contributed by atoms with Gasteiger partial charge in [0, 0.05) is 13.5 Å². The van der Waals surface area contributed by atoms with Crippen LogP contribution in [0.25, 0.3) is 0 Å². The monoisotopic (exact) mass is 233 g/mol. The van der Waals surface area contributed by atoms with Crippen molar-refractivity contribution in [3.8, 4) is 0 Å². The van der Waals surface area contributed by atoms with E-state index in [1.165, 1.54) is 6.92 Å². The summed E-state index contributed by atoms with van der Waals surface area (Å²) >= 11 is 0. The van der Waals surface area contributed by atoms with E-state index in [9.17, 15) is 9.90 Å². The molecule has 0 aliphatic heterocycles. The molecule has 0 aliphatic rings. The number of ether oxygens (including phenoxy) is 1. The van der Waals surface area contributed by atoms with Crippen LogP contribution in [0.3, 0.4) is 0 Å². The van der Waals surface area contributed by atoms with Crippen molar-refractivity contribution in [1.29, 1.82) is 0 Å². The fourth-order valence-corrected chi connectivity index (χ4v) is 1.11. The molecule has 16 heavy (non-hydrogen) atoms. The number of rotatable bonds is 6. The van der Waals surface area contributed by atoms with Gasteiger partial charge < -0.3 is 14.7 Å². The van der Waals surface area contributed by atoms with Gasteiger partial charge in [0.05, 0.1) is 12.7 Å². The van der Waals surface area contributed by atoms with Gasteiger partial charge in [0.25, 0.3) is 0 Å². The summed E-state index contributed by atoms with van der Waals surface area (Å²) in [7, 11) is 0. The fraction of sp³-hybridized carbons (Fsp3) is 0.917. The van der Waals surface area contributed by atoms with Crippen molar-refractivity contribution in [3.63, 3.8) is 0 Å². The first-order valence-electron chi connectivity index (χ1n) is 6.05. The summed E-state index contributed by atoms with van der Waals surface area (Å²) in [6, 6.07) is 0. The lowest BCUT2D eigenvalue weighted by Gasteiger charge is -2.20. The minimum atomic E-state index is -0.211. The lowest BCUT2D eigenvalue weighted by Crippen LogP contribution is -2.31. The number of esters is 1. The summed E-state index contributed by atoms with van der Waals surface area (Å²) in [6.07, 6.45) is 0.719. The van der Waals surface area contributed by atoms with Gasteiger partial charge in [-0.25, -0.2) is 0 Å². The van der Waals surface area contributed by atoms with Crippen LogP contribution in [0.4, 0.5) is 0 Å². The first-order chi connectivity index (χ1) is 7.51. The molecule has 0 spiro atoms. The van der Waals surface area contributed by atoms with E-state index in [1.807, 2.05) is 6.92 Å². The molecule has 0 bridgehead atoms. The maximum atomic E-state index is 9.82. The normalized spacial score (nSPS) is 11.7. The Morgan fingerprint density at radius 2 is 1.75 bits per heavy atom. The second-order valence-electron chi connectivity index (χ2n) is 3.47. The molecule has 0 amide bonds. The average molecular weight is 233 g/mol. The van der Waals surface area contributed by atoms with Crippen molar-refractivity contribution < 1.29 is 14.6 Å². The first kappa shape index (κ1) is 17.8. The lowest BCUT2D eigenvalue weighted by atomic mass is 10.2. The van der Waals surface area contributed by atoms with Crippen LogP contribution in [0.5, 0.6) is 0 Å². The zero-order chi connectivity index (χ0) is 13.0. The maximum absolute atomic E-state index is 9.82. The highest BCUT2D eigenvalue weighted by Gasteiger charge is 2.04. The number of hydrogen-bond donors (Lipinski definition) is 1. The zero-order valence-electron chi connectivity index (χ0n) is 11.3. The number of aliphatic hydroxyl groups excluding tert-OH is 1. The Labute approximate surface area is 99.6 Å². The van der Waals surface area contributed by atoms with Crippen molar-refractivity contribution in [3.05, 3.63) is 0 Å². The van der Waals surface area contributed by atoms with Crippen molar-refractivity contribution in [2.24, 2.45) is 0 Å². The van der Waals surface area contributed by atoms with E-state index in [1.54, 1.807) is 6.92 Å². The predicted molar refractivity (Wildman–Crippen MR) is 66.4 cm³/mol. The molecule has 4 heteroatoms. The molecule has 0 aromatic carbocycles. The molecular weight excluding hydrogens is 206 g/mol. The van der Waals surface area contributed by atoms with Gasteiger partial charge in [-0.2, -0.15) is 0 Å². The van der Waals surface area contributed by atoms with Crippen molar-refractivity contribution >= 4 is 5.97 Å². The highest BCUT2D eigenvalue weighted by Crippen LogP contribution is 1.94. The van der Waals surface area contributed by atoms with Crippen LogP contribution in [0.2, 0.25) is 0 Å². The largest absolute Gasteiger partial charge is 0.466 e. The van der Waals surface area contributed by atoms with Gasteiger partial charge in [0.2, 0.25) is 0 Å². The Balaban J connectivity index is 0. The molecule has 0 heterocycles. The lowest BCUT2D eigenvalue weighted by molar-refractivity contribution is -0.140. The Bertz CT molecular complexity index is 158. The molecule has 1 atom stereocenters. The fourth-order valence-electron chi connectivity index (χ4n) is 1.11. The number of nitrogens with zero attached hydrogens (tertiary/aromatic N) is 1. The minimum Gasteiger partial charge on any atom is -0.466 e. The third-order valence-corrected chi connectivity index (χ3v) is 2.18. The Kier molecular flexibility index (Phi) is 13.8. The molecule has 0 saturated heterocycles. The summed E-state index contributed by atoms with van der Waals surface area (Å²) in [5.74, 6) is -0.211. The average Bonchev–Trinajstić information content (AvgIpc) is 2.26. The molecule has 0 aromatic heterocycles. The van der Waals surface area contributed by atoms with E-state index >= 15 is 0 Å². The van der Waals surface area contributed by atoms with E-state index in [-0.39, 0.29) is 12.1 Å². The molecule has 4 nitrogen and oxygen atoms in total. The summed E-state index contributed by atoms with van der Waals surface area (Å²) in [6.45, 7) is 12.8. The van der Waals surface area contributed by atoms with Crippen LogP contribution >= 0.6 is 0 Å². The number of likely N-dealkylation sites (N-methyl/N-ethyl adjacent to an activating group) is 1. The Hall–Kier alpha value is -0.610. The molecule has 0 aromatic rings. The van der Waals surface area contributed by atoms with Crippen LogP contribution < -0.4 is 0 Å². The summed E-state index contributed by atoms with van der Waals surface area (Å²) < 4.78 is 4.40. The zero-order valence-corrected chi connectivity index (χ0v) is 11.3. The molecule has 0 rings (SSSR count). The highest BCUT2D eigenvalue weighted by molar-refractivity contribution is 5.65. The quantitative estimate of drug-likeness (QED) is 0.709. The number of carbonyl (C=O) groups excluding carboxylic acids is 1. The molecular formula is C12H27NO3. The third-order valence-electron chi connectivity index (χ3n) is 2.18. The van der Waals surface area contributed by atoms with Crippen molar-refractivity contribution in [1.82, 2.24) is 4.90 Å². The summed E-state index contributed by atoms with van der Waals surface area (Å²) in [5, 5.41) is 9.25. The molecule has 0 saturated carbocycles. The topological polar surface area (TPSA) is 49.8 Å². The van der Waals surface area contributed by atoms with Crippen LogP contribution in [0.1, 0.15) is 41.0 Å². The minimum absolute atomic E-state index is 0.139. The molecule has 1 N–H and O–H groups in total. The number of hydrogen-bond acceptors (Lipinski definition) is 4. The molecule has 98 valence electrons. The van der Waals surface area contributed by atoms with Gasteiger partial charge in [-0.1, -0.05) is 20.8 Å². The van der Waals surface area contributed by atoms with Gasteiger partial charge in [-0.05, 0) is 26.4 Å². The van der Waals surface area contributed by atoms with Crippen LogP contribution in [-0.4, -0.2) is 48.3 Å². The van der Waals surface area contributed by atoms with Gasteiger partial charge in [-0.3, -0.25) is 4.79 Å². The van der Waals surface area contributed by atoms with Crippen LogP contribution in [-0.2, 0) is 9.53 Å². The Morgan fingerprint density at radius 1 is 1.25 bits per heavy atom. The highest BCUT2D eigenvalue weighted by atomic mass is 16.5. The summed E-state index contributed by atoms with van der Waals surface area (Å²) in [5.41, 5.74) is 0. The van der Waals surface area contributed by atoms with E-state index in [2.05, 4.69) is 23.5 Å². The maximum Gasteiger partial charge on any atom is 0.302 e. The van der Waals surface area contributed by atoms with Gasteiger partial charge >= 0.3 is 5.97 Å². The third kappa shape index (κ3) is 13.4. The van der Waals surface area contributed by atoms with E-state index in [0.29, 0.717) is 6.61 Å². The molecule has 0 aliphatic carbocycles. The Morgan fingerprint density at radius 3 is 1.94 bits per heavy atom. The van der Waals surface area contributed by atoms with Crippen molar-refractivity contribution in [2.45, 2.75) is 47.1 Å². The van der Waals surface area contributed by atoms with E-state index in [0.717, 1.165) is 26.1 Å². The standard InChI is InChI=1S/C8H19NO.C4H8O2/c1-4-8(10)7-9(5-2)6-3;1-3-6-4(2)5/h8,10H,4-7H2,1-3H3;3H2,1-2H3. The summed E-state index contributed by atoms with van der Waals surface area (Å²) in [4.78, 5) is 12.1. The molecule has 0 fully saturated rings. The predicted octanol–water partition coefficient (Wildman–Crippen LogP) is 1.67. The smallest absolute Gasteiger partial charge is 0.302 e. The van der Waals surface area contributed by atoms with Gasteiger partial charge in [0.1, 0.15) is 0 Å². The van der Waals surface area contributed by atoms with Gasteiger partial charge in [-0.15, -0.1) is 0 Å². The number of aliphatic hydroxyl groups is 1. The van der Waals surface area contributed by atoms with Crippen molar-refractivity contribution in [2.75, 3.05) is 26.2 Å². The van der Waals surface area contributed by atoms with Crippen LogP contribution in [0.15, 0.2) is 0 Å². The van der Waals surface area contributed by atoms with E-state index in [4.69, 9.17) is 0 Å². The molecule has 0 radical (unpaired) electrons. The number of carbonyl (C=O) groups is 1. The van der Waals surface area contributed by atoms with Gasteiger partial charge in [0.15, 0.2) is 0 Å². The van der Waals surface area contributed by atoms with E-state index < -0.39 is 0 Å².